The number of hydrogen-bond acceptors (Lipinski definition) is 9. The van der Waals surface area contributed by atoms with Crippen molar-refractivity contribution in [3.05, 3.63) is 0 Å². The van der Waals surface area contributed by atoms with E-state index in [0.29, 0.717) is 31.6 Å². The summed E-state index contributed by atoms with van der Waals surface area (Å²) in [5.74, 6) is -5.22. The monoisotopic (exact) mass is 534 g/mol. The molecule has 0 spiro atoms. The molecule has 0 aliphatic heterocycles. The number of amides is 4. The van der Waals surface area contributed by atoms with Gasteiger partial charge < -0.3 is 43.4 Å². The standard InChI is InChI=1S/C21H38N6O8S/c1-36-11-9-15(21(34)35)27-20(33)13(5-7-16(24)28)26-19(32)14(6-8-17(29)30)25-18(31)12(23)4-2-3-10-22/h12-15H,2-11,22-23H2,1H3,(H2,24,28)(H,25,31)(H,26,32)(H,27,33)(H,29,30)(H,34,35). The van der Waals surface area contributed by atoms with Gasteiger partial charge in [-0.25, -0.2) is 4.79 Å². The maximum Gasteiger partial charge on any atom is 0.326 e. The fourth-order valence-electron chi connectivity index (χ4n) is 3.05. The SMILES string of the molecule is CSCCC(NC(=O)C(CCC(N)=O)NC(=O)C(CCC(=O)O)NC(=O)C(N)CCCCN)C(=O)O. The highest BCUT2D eigenvalue weighted by Gasteiger charge is 2.30. The van der Waals surface area contributed by atoms with Crippen LogP contribution in [0.5, 0.6) is 0 Å². The van der Waals surface area contributed by atoms with E-state index in [2.05, 4.69) is 16.0 Å². The Morgan fingerprint density at radius 3 is 1.78 bits per heavy atom. The molecule has 15 heteroatoms. The molecular formula is C21H38N6O8S. The van der Waals surface area contributed by atoms with E-state index < -0.39 is 66.2 Å². The Morgan fingerprint density at radius 1 is 0.778 bits per heavy atom. The molecule has 11 N–H and O–H groups in total. The van der Waals surface area contributed by atoms with E-state index in [0.717, 1.165) is 0 Å². The van der Waals surface area contributed by atoms with Crippen molar-refractivity contribution >= 4 is 47.3 Å². The van der Waals surface area contributed by atoms with E-state index in [1.807, 2.05) is 0 Å². The summed E-state index contributed by atoms with van der Waals surface area (Å²) in [7, 11) is 0. The summed E-state index contributed by atoms with van der Waals surface area (Å²) in [6.07, 6.45) is 2.13. The Hall–Kier alpha value is -2.91. The second-order valence-electron chi connectivity index (χ2n) is 8.13. The Kier molecular flexibility index (Phi) is 16.9. The summed E-state index contributed by atoms with van der Waals surface area (Å²) >= 11 is 1.38. The van der Waals surface area contributed by atoms with Crippen LogP contribution >= 0.6 is 11.8 Å². The van der Waals surface area contributed by atoms with Gasteiger partial charge in [0.1, 0.15) is 18.1 Å². The number of primary amides is 1. The highest BCUT2D eigenvalue weighted by Crippen LogP contribution is 2.07. The van der Waals surface area contributed by atoms with Crippen molar-refractivity contribution in [3.63, 3.8) is 0 Å². The van der Waals surface area contributed by atoms with Crippen LogP contribution < -0.4 is 33.2 Å². The molecule has 0 heterocycles. The predicted octanol–water partition coefficient (Wildman–Crippen LogP) is -2.13. The van der Waals surface area contributed by atoms with Crippen molar-refractivity contribution in [2.45, 2.75) is 75.5 Å². The number of nitrogens with one attached hydrogen (secondary N) is 3. The zero-order chi connectivity index (χ0) is 27.7. The molecule has 0 saturated carbocycles. The average molecular weight is 535 g/mol. The number of thioether (sulfide) groups is 1. The molecule has 0 aromatic heterocycles. The molecule has 4 unspecified atom stereocenters. The molecule has 0 aliphatic rings. The lowest BCUT2D eigenvalue weighted by Crippen LogP contribution is -2.57. The first-order valence-corrected chi connectivity index (χ1v) is 12.9. The van der Waals surface area contributed by atoms with Gasteiger partial charge in [0.2, 0.25) is 23.6 Å². The number of carbonyl (C=O) groups is 6. The van der Waals surface area contributed by atoms with Gasteiger partial charge in [-0.3, -0.25) is 24.0 Å². The molecule has 0 aliphatic carbocycles. The van der Waals surface area contributed by atoms with Crippen LogP contribution in [-0.2, 0) is 28.8 Å². The second kappa shape index (κ2) is 18.4. The Labute approximate surface area is 213 Å². The quantitative estimate of drug-likeness (QED) is 0.0782. The fourth-order valence-corrected chi connectivity index (χ4v) is 3.52. The van der Waals surface area contributed by atoms with Gasteiger partial charge in [0, 0.05) is 12.8 Å². The minimum Gasteiger partial charge on any atom is -0.481 e. The molecule has 4 amide bonds. The maximum atomic E-state index is 12.9. The zero-order valence-electron chi connectivity index (χ0n) is 20.4. The van der Waals surface area contributed by atoms with Crippen molar-refractivity contribution in [2.75, 3.05) is 18.6 Å². The molecule has 4 atom stereocenters. The summed E-state index contributed by atoms with van der Waals surface area (Å²) < 4.78 is 0. The first kappa shape index (κ1) is 33.1. The highest BCUT2D eigenvalue weighted by atomic mass is 32.2. The van der Waals surface area contributed by atoms with E-state index in [9.17, 15) is 33.9 Å². The van der Waals surface area contributed by atoms with E-state index >= 15 is 0 Å². The van der Waals surface area contributed by atoms with Gasteiger partial charge in [0.05, 0.1) is 6.04 Å². The molecule has 206 valence electrons. The lowest BCUT2D eigenvalue weighted by Gasteiger charge is -2.25. The smallest absolute Gasteiger partial charge is 0.326 e. The first-order chi connectivity index (χ1) is 16.9. The number of rotatable bonds is 20. The highest BCUT2D eigenvalue weighted by molar-refractivity contribution is 7.98. The normalized spacial score (nSPS) is 14.1. The minimum atomic E-state index is -1.36. The molecule has 0 bridgehead atoms. The Bertz CT molecular complexity index is 769. The van der Waals surface area contributed by atoms with Crippen LogP contribution in [0.25, 0.3) is 0 Å². The number of hydrogen-bond donors (Lipinski definition) is 8. The van der Waals surface area contributed by atoms with Crippen molar-refractivity contribution in [2.24, 2.45) is 17.2 Å². The predicted molar refractivity (Wildman–Crippen MR) is 133 cm³/mol. The molecule has 0 aromatic carbocycles. The summed E-state index contributed by atoms with van der Waals surface area (Å²) in [4.78, 5) is 71.9. The van der Waals surface area contributed by atoms with Crippen molar-refractivity contribution in [3.8, 4) is 0 Å². The Morgan fingerprint density at radius 2 is 1.31 bits per heavy atom. The third-order valence-electron chi connectivity index (χ3n) is 5.12. The van der Waals surface area contributed by atoms with E-state index in [4.69, 9.17) is 22.3 Å². The third-order valence-corrected chi connectivity index (χ3v) is 5.77. The lowest BCUT2D eigenvalue weighted by atomic mass is 10.1. The van der Waals surface area contributed by atoms with Gasteiger partial charge in [0.15, 0.2) is 0 Å². The van der Waals surface area contributed by atoms with Crippen LogP contribution in [0.1, 0.15) is 51.4 Å². The molecule has 14 nitrogen and oxygen atoms in total. The fraction of sp³-hybridized carbons (Fsp3) is 0.714. The van der Waals surface area contributed by atoms with Crippen LogP contribution in [0.4, 0.5) is 0 Å². The largest absolute Gasteiger partial charge is 0.481 e. The van der Waals surface area contributed by atoms with Gasteiger partial charge in [0.25, 0.3) is 0 Å². The summed E-state index contributed by atoms with van der Waals surface area (Å²) in [5, 5.41) is 25.5. The maximum absolute atomic E-state index is 12.9. The Balaban J connectivity index is 5.54. The zero-order valence-corrected chi connectivity index (χ0v) is 21.2. The van der Waals surface area contributed by atoms with E-state index in [1.165, 1.54) is 11.8 Å². The number of unbranched alkanes of at least 4 members (excludes halogenated alkanes) is 1. The van der Waals surface area contributed by atoms with Crippen LogP contribution in [0.3, 0.4) is 0 Å². The van der Waals surface area contributed by atoms with Crippen LogP contribution in [0.15, 0.2) is 0 Å². The molecular weight excluding hydrogens is 496 g/mol. The third kappa shape index (κ3) is 14.5. The first-order valence-electron chi connectivity index (χ1n) is 11.5. The van der Waals surface area contributed by atoms with Gasteiger partial charge >= 0.3 is 11.9 Å². The van der Waals surface area contributed by atoms with Gasteiger partial charge in [-0.05, 0) is 50.7 Å². The molecule has 0 aromatic rings. The second-order valence-corrected chi connectivity index (χ2v) is 9.12. The number of carboxylic acids is 2. The van der Waals surface area contributed by atoms with Gasteiger partial charge in [-0.2, -0.15) is 11.8 Å². The molecule has 36 heavy (non-hydrogen) atoms. The molecule has 0 saturated heterocycles. The van der Waals surface area contributed by atoms with Crippen LogP contribution in [-0.4, -0.2) is 88.5 Å². The van der Waals surface area contributed by atoms with Crippen molar-refractivity contribution in [1.29, 1.82) is 0 Å². The molecule has 0 rings (SSSR count). The minimum absolute atomic E-state index is 0.123. The van der Waals surface area contributed by atoms with E-state index in [-0.39, 0.29) is 25.7 Å². The van der Waals surface area contributed by atoms with E-state index in [1.54, 1.807) is 6.26 Å². The average Bonchev–Trinajstić information content (AvgIpc) is 2.80. The number of nitrogens with two attached hydrogens (primary N) is 3. The van der Waals surface area contributed by atoms with Crippen LogP contribution in [0, 0.1) is 0 Å². The van der Waals surface area contributed by atoms with Crippen LogP contribution in [0.2, 0.25) is 0 Å². The molecule has 0 radical (unpaired) electrons. The van der Waals surface area contributed by atoms with Gasteiger partial charge in [-0.1, -0.05) is 6.42 Å². The lowest BCUT2D eigenvalue weighted by molar-refractivity contribution is -0.142. The topological polar surface area (TPSA) is 257 Å². The number of aliphatic carboxylic acids is 2. The summed E-state index contributed by atoms with van der Waals surface area (Å²) in [6.45, 7) is 0.423. The van der Waals surface area contributed by atoms with Crippen molar-refractivity contribution < 1.29 is 39.0 Å². The number of carbonyl (C=O) groups excluding carboxylic acids is 4. The van der Waals surface area contributed by atoms with Crippen molar-refractivity contribution in [1.82, 2.24) is 16.0 Å². The number of carboxylic acid groups (broad SMARTS) is 2. The summed E-state index contributed by atoms with van der Waals surface area (Å²) in [5.41, 5.74) is 16.4. The summed E-state index contributed by atoms with van der Waals surface area (Å²) in [6, 6.07) is -4.89. The molecule has 0 fully saturated rings. The van der Waals surface area contributed by atoms with Gasteiger partial charge in [-0.15, -0.1) is 0 Å².